The van der Waals surface area contributed by atoms with E-state index in [0.29, 0.717) is 18.8 Å². The van der Waals surface area contributed by atoms with Crippen molar-refractivity contribution < 1.29 is 17.6 Å². The lowest BCUT2D eigenvalue weighted by Crippen LogP contribution is -2.35. The van der Waals surface area contributed by atoms with Gasteiger partial charge in [0, 0.05) is 25.3 Å². The quantitative estimate of drug-likeness (QED) is 0.821. The van der Waals surface area contributed by atoms with Gasteiger partial charge in [0.05, 0.1) is 4.90 Å². The van der Waals surface area contributed by atoms with Crippen LogP contribution in [0.15, 0.2) is 53.4 Å². The van der Waals surface area contributed by atoms with Crippen LogP contribution in [0.4, 0.5) is 14.9 Å². The van der Waals surface area contributed by atoms with Gasteiger partial charge in [-0.15, -0.1) is 0 Å². The summed E-state index contributed by atoms with van der Waals surface area (Å²) in [6.45, 7) is 1.38. The van der Waals surface area contributed by atoms with Crippen LogP contribution in [0.25, 0.3) is 0 Å². The number of amides is 2. The monoisotopic (exact) mass is 391 g/mol. The summed E-state index contributed by atoms with van der Waals surface area (Å²) < 4.78 is 39.6. The first kappa shape index (κ1) is 19.3. The summed E-state index contributed by atoms with van der Waals surface area (Å²) in [6.07, 6.45) is 2.85. The highest BCUT2D eigenvalue weighted by molar-refractivity contribution is 7.89. The normalized spacial score (nSPS) is 15.3. The van der Waals surface area contributed by atoms with Crippen molar-refractivity contribution in [2.45, 2.75) is 30.7 Å². The summed E-state index contributed by atoms with van der Waals surface area (Å²) in [6, 6.07) is 11.5. The van der Waals surface area contributed by atoms with Gasteiger partial charge in [0.15, 0.2) is 0 Å². The maximum Gasteiger partial charge on any atom is 0.319 e. The van der Waals surface area contributed by atoms with E-state index in [9.17, 15) is 17.6 Å². The smallest absolute Gasteiger partial charge is 0.319 e. The minimum absolute atomic E-state index is 0.247. The zero-order chi connectivity index (χ0) is 19.3. The highest BCUT2D eigenvalue weighted by atomic mass is 32.2. The Labute approximate surface area is 158 Å². The molecule has 0 radical (unpaired) electrons. The average molecular weight is 391 g/mol. The number of urea groups is 1. The van der Waals surface area contributed by atoms with Crippen LogP contribution < -0.4 is 10.6 Å². The minimum Gasteiger partial charge on any atom is -0.334 e. The van der Waals surface area contributed by atoms with Crippen LogP contribution in [0.5, 0.6) is 0 Å². The third-order valence-electron chi connectivity index (χ3n) is 4.43. The lowest BCUT2D eigenvalue weighted by molar-refractivity contribution is 0.251. The molecule has 0 aliphatic carbocycles. The third-order valence-corrected chi connectivity index (χ3v) is 6.34. The molecule has 1 aliphatic heterocycles. The molecule has 0 spiro atoms. The van der Waals surface area contributed by atoms with Crippen LogP contribution in [0.1, 0.15) is 24.8 Å². The Morgan fingerprint density at radius 3 is 2.22 bits per heavy atom. The Hall–Kier alpha value is -2.45. The number of benzene rings is 2. The van der Waals surface area contributed by atoms with Gasteiger partial charge in [0.2, 0.25) is 10.0 Å². The van der Waals surface area contributed by atoms with Crippen LogP contribution in [-0.4, -0.2) is 31.8 Å². The van der Waals surface area contributed by atoms with Crippen molar-refractivity contribution in [3.63, 3.8) is 0 Å². The number of carbonyl (C=O) groups is 1. The van der Waals surface area contributed by atoms with E-state index in [1.807, 2.05) is 0 Å². The molecule has 2 N–H and O–H groups in total. The van der Waals surface area contributed by atoms with E-state index >= 15 is 0 Å². The highest BCUT2D eigenvalue weighted by Crippen LogP contribution is 2.20. The SMILES string of the molecule is O=C(NCc1ccc(S(=O)(=O)N2CCCCC2)cc1)Nc1ccc(F)cc1. The van der Waals surface area contributed by atoms with Gasteiger partial charge in [0.25, 0.3) is 0 Å². The van der Waals surface area contributed by atoms with Crippen LogP contribution in [0, 0.1) is 5.82 Å². The van der Waals surface area contributed by atoms with E-state index in [1.54, 1.807) is 24.3 Å². The van der Waals surface area contributed by atoms with Crippen molar-refractivity contribution in [1.82, 2.24) is 9.62 Å². The fraction of sp³-hybridized carbons (Fsp3) is 0.316. The standard InChI is InChI=1S/C19H22FN3O3S/c20-16-6-8-17(9-7-16)22-19(24)21-14-15-4-10-18(11-5-15)27(25,26)23-12-2-1-3-13-23/h4-11H,1-3,12-14H2,(H2,21,22,24). The van der Waals surface area contributed by atoms with E-state index in [0.717, 1.165) is 24.8 Å². The lowest BCUT2D eigenvalue weighted by Gasteiger charge is -2.25. The van der Waals surface area contributed by atoms with Crippen molar-refractivity contribution in [2.75, 3.05) is 18.4 Å². The Balaban J connectivity index is 1.55. The number of sulfonamides is 1. The molecule has 2 amide bonds. The number of nitrogens with zero attached hydrogens (tertiary/aromatic N) is 1. The van der Waals surface area contributed by atoms with E-state index in [-0.39, 0.29) is 17.3 Å². The zero-order valence-corrected chi connectivity index (χ0v) is 15.6. The molecule has 0 bridgehead atoms. The number of hydrogen-bond acceptors (Lipinski definition) is 3. The van der Waals surface area contributed by atoms with Crippen molar-refractivity contribution in [3.8, 4) is 0 Å². The van der Waals surface area contributed by atoms with E-state index in [1.165, 1.54) is 28.6 Å². The predicted octanol–water partition coefficient (Wildman–Crippen LogP) is 3.32. The number of hydrogen-bond donors (Lipinski definition) is 2. The van der Waals surface area contributed by atoms with Gasteiger partial charge in [0.1, 0.15) is 5.82 Å². The number of carbonyl (C=O) groups excluding carboxylic acids is 1. The fourth-order valence-corrected chi connectivity index (χ4v) is 4.44. The molecule has 1 heterocycles. The second-order valence-electron chi connectivity index (χ2n) is 6.42. The molecule has 8 heteroatoms. The molecule has 3 rings (SSSR count). The second-order valence-corrected chi connectivity index (χ2v) is 8.36. The zero-order valence-electron chi connectivity index (χ0n) is 14.8. The fourth-order valence-electron chi connectivity index (χ4n) is 2.92. The van der Waals surface area contributed by atoms with Gasteiger partial charge in [-0.25, -0.2) is 17.6 Å². The van der Waals surface area contributed by atoms with Gasteiger partial charge in [-0.05, 0) is 54.8 Å². The molecule has 2 aromatic rings. The Bertz CT molecular complexity index is 877. The maximum atomic E-state index is 12.9. The molecular weight excluding hydrogens is 369 g/mol. The molecule has 0 saturated carbocycles. The van der Waals surface area contributed by atoms with Crippen molar-refractivity contribution in [1.29, 1.82) is 0 Å². The molecule has 2 aromatic carbocycles. The van der Waals surface area contributed by atoms with Crippen molar-refractivity contribution >= 4 is 21.7 Å². The third kappa shape index (κ3) is 5.05. The van der Waals surface area contributed by atoms with Crippen LogP contribution in [0.3, 0.4) is 0 Å². The Morgan fingerprint density at radius 1 is 0.963 bits per heavy atom. The predicted molar refractivity (Wildman–Crippen MR) is 101 cm³/mol. The van der Waals surface area contributed by atoms with Crippen LogP contribution in [0.2, 0.25) is 0 Å². The first-order valence-corrected chi connectivity index (χ1v) is 10.3. The van der Waals surface area contributed by atoms with Crippen molar-refractivity contribution in [2.24, 2.45) is 0 Å². The number of piperidine rings is 1. The first-order valence-electron chi connectivity index (χ1n) is 8.85. The molecule has 1 saturated heterocycles. The molecule has 144 valence electrons. The van der Waals surface area contributed by atoms with Gasteiger partial charge >= 0.3 is 6.03 Å². The molecule has 0 aromatic heterocycles. The van der Waals surface area contributed by atoms with E-state index < -0.39 is 16.1 Å². The summed E-state index contributed by atoms with van der Waals surface area (Å²) in [7, 11) is -3.45. The molecule has 27 heavy (non-hydrogen) atoms. The number of anilines is 1. The van der Waals surface area contributed by atoms with Crippen LogP contribution in [-0.2, 0) is 16.6 Å². The lowest BCUT2D eigenvalue weighted by atomic mass is 10.2. The van der Waals surface area contributed by atoms with Gasteiger partial charge in [-0.3, -0.25) is 0 Å². The molecule has 0 atom stereocenters. The number of halogens is 1. The van der Waals surface area contributed by atoms with E-state index in [4.69, 9.17) is 0 Å². The summed E-state index contributed by atoms with van der Waals surface area (Å²) in [5, 5.41) is 5.28. The average Bonchev–Trinajstić information content (AvgIpc) is 2.69. The van der Waals surface area contributed by atoms with Gasteiger partial charge in [-0.1, -0.05) is 18.6 Å². The molecular formula is C19H22FN3O3S. The number of rotatable bonds is 5. The number of nitrogens with one attached hydrogen (secondary N) is 2. The van der Waals surface area contributed by atoms with Crippen LogP contribution >= 0.6 is 0 Å². The first-order chi connectivity index (χ1) is 12.9. The summed E-state index contributed by atoms with van der Waals surface area (Å²) >= 11 is 0. The molecule has 1 aliphatic rings. The summed E-state index contributed by atoms with van der Waals surface area (Å²) in [5.74, 6) is -0.374. The summed E-state index contributed by atoms with van der Waals surface area (Å²) in [5.41, 5.74) is 1.26. The molecule has 1 fully saturated rings. The van der Waals surface area contributed by atoms with Crippen molar-refractivity contribution in [3.05, 3.63) is 59.9 Å². The maximum absolute atomic E-state index is 12.9. The Morgan fingerprint density at radius 2 is 1.59 bits per heavy atom. The highest BCUT2D eigenvalue weighted by Gasteiger charge is 2.25. The Kier molecular flexibility index (Phi) is 6.08. The second kappa shape index (κ2) is 8.49. The topological polar surface area (TPSA) is 78.5 Å². The van der Waals surface area contributed by atoms with Gasteiger partial charge < -0.3 is 10.6 Å². The molecule has 6 nitrogen and oxygen atoms in total. The summed E-state index contributed by atoms with van der Waals surface area (Å²) in [4.78, 5) is 12.2. The van der Waals surface area contributed by atoms with E-state index in [2.05, 4.69) is 10.6 Å². The van der Waals surface area contributed by atoms with Gasteiger partial charge in [-0.2, -0.15) is 4.31 Å². The largest absolute Gasteiger partial charge is 0.334 e. The molecule has 0 unspecified atom stereocenters. The minimum atomic E-state index is -3.45.